The van der Waals surface area contributed by atoms with Gasteiger partial charge < -0.3 is 15.0 Å². The molecule has 1 aromatic heterocycles. The molecule has 1 N–H and O–H groups in total. The van der Waals surface area contributed by atoms with Crippen molar-refractivity contribution in [3.05, 3.63) is 64.8 Å². The van der Waals surface area contributed by atoms with E-state index in [4.69, 9.17) is 9.84 Å². The molecule has 1 aliphatic heterocycles. The maximum Gasteiger partial charge on any atom is 0.253 e. The van der Waals surface area contributed by atoms with Crippen molar-refractivity contribution in [3.8, 4) is 0 Å². The van der Waals surface area contributed by atoms with E-state index in [2.05, 4.69) is 38.2 Å². The normalized spacial score (nSPS) is 14.9. The molecule has 0 atom stereocenters. The van der Waals surface area contributed by atoms with E-state index >= 15 is 0 Å². The third kappa shape index (κ3) is 5.78. The Hall–Kier alpha value is -3.19. The Bertz CT molecular complexity index is 1220. The fourth-order valence-corrected chi connectivity index (χ4v) is 4.86. The number of likely N-dealkylation sites (tertiary alicyclic amines) is 1. The maximum absolute atomic E-state index is 13.0. The first-order valence-electron chi connectivity index (χ1n) is 12.8. The van der Waals surface area contributed by atoms with Gasteiger partial charge in [-0.25, -0.2) is 0 Å². The van der Waals surface area contributed by atoms with Gasteiger partial charge in [0.2, 0.25) is 0 Å². The number of ether oxygens (including phenoxy) is 1. The van der Waals surface area contributed by atoms with Crippen LogP contribution in [0.1, 0.15) is 65.5 Å². The van der Waals surface area contributed by atoms with E-state index in [9.17, 15) is 9.59 Å². The fraction of sp³-hybridized carbons (Fsp3) is 0.483. The van der Waals surface area contributed by atoms with E-state index in [1.165, 1.54) is 5.56 Å². The monoisotopic (exact) mass is 490 g/mol. The minimum absolute atomic E-state index is 0.0772. The van der Waals surface area contributed by atoms with Crippen molar-refractivity contribution in [1.29, 1.82) is 0 Å². The number of nitrogens with zero attached hydrogens (tertiary/aromatic N) is 3. The predicted octanol–water partition coefficient (Wildman–Crippen LogP) is 4.57. The highest BCUT2D eigenvalue weighted by Crippen LogP contribution is 2.26. The van der Waals surface area contributed by atoms with Gasteiger partial charge in [-0.2, -0.15) is 5.10 Å². The summed E-state index contributed by atoms with van der Waals surface area (Å²) in [5.41, 5.74) is 4.57. The first-order chi connectivity index (χ1) is 17.2. The first kappa shape index (κ1) is 25.9. The van der Waals surface area contributed by atoms with Gasteiger partial charge in [0.25, 0.3) is 11.8 Å². The standard InChI is InChI=1S/C29H38N4O3/c1-20-24(27(34)30-14-17-36-5)10-11-26-25(20)19-33(31-26)18-21-12-15-32(16-13-21)28(35)22-6-8-23(9-7-22)29(2,3)4/h6-11,19,21H,12-18H2,1-5H3,(H,30,34). The van der Waals surface area contributed by atoms with Gasteiger partial charge in [0.05, 0.1) is 12.1 Å². The number of hydrogen-bond donors (Lipinski definition) is 1. The molecule has 3 aromatic rings. The number of aromatic nitrogens is 2. The summed E-state index contributed by atoms with van der Waals surface area (Å²) in [6.07, 6.45) is 3.95. The number of carbonyl (C=O) groups excluding carboxylic acids is 2. The number of amides is 2. The number of hydrogen-bond acceptors (Lipinski definition) is 4. The number of nitrogens with one attached hydrogen (secondary N) is 1. The molecule has 0 unspecified atom stereocenters. The van der Waals surface area contributed by atoms with Crippen LogP contribution in [0.25, 0.3) is 10.9 Å². The van der Waals surface area contributed by atoms with Crippen molar-refractivity contribution < 1.29 is 14.3 Å². The average molecular weight is 491 g/mol. The Kier molecular flexibility index (Phi) is 7.79. The predicted molar refractivity (Wildman–Crippen MR) is 142 cm³/mol. The zero-order valence-electron chi connectivity index (χ0n) is 22.1. The Morgan fingerprint density at radius 3 is 2.42 bits per heavy atom. The number of methoxy groups -OCH3 is 1. The van der Waals surface area contributed by atoms with Crippen molar-refractivity contribution in [3.63, 3.8) is 0 Å². The molecule has 192 valence electrons. The van der Waals surface area contributed by atoms with Gasteiger partial charge in [-0.1, -0.05) is 32.9 Å². The van der Waals surface area contributed by atoms with Gasteiger partial charge in [-0.05, 0) is 66.5 Å². The van der Waals surface area contributed by atoms with E-state index in [0.29, 0.717) is 24.6 Å². The zero-order chi connectivity index (χ0) is 25.9. The summed E-state index contributed by atoms with van der Waals surface area (Å²) in [6.45, 7) is 11.8. The Morgan fingerprint density at radius 1 is 1.08 bits per heavy atom. The van der Waals surface area contributed by atoms with E-state index in [0.717, 1.165) is 54.5 Å². The summed E-state index contributed by atoms with van der Waals surface area (Å²) >= 11 is 0. The van der Waals surface area contributed by atoms with Crippen LogP contribution in [0.4, 0.5) is 0 Å². The largest absolute Gasteiger partial charge is 0.383 e. The number of piperidine rings is 1. The molecule has 0 radical (unpaired) electrons. The summed E-state index contributed by atoms with van der Waals surface area (Å²) < 4.78 is 7.01. The lowest BCUT2D eigenvalue weighted by Crippen LogP contribution is -2.39. The number of aryl methyl sites for hydroxylation is 1. The molecular weight excluding hydrogens is 452 g/mol. The highest BCUT2D eigenvalue weighted by molar-refractivity contribution is 6.00. The number of rotatable bonds is 7. The van der Waals surface area contributed by atoms with Crippen LogP contribution in [0.3, 0.4) is 0 Å². The summed E-state index contributed by atoms with van der Waals surface area (Å²) in [4.78, 5) is 27.5. The SMILES string of the molecule is COCCNC(=O)c1ccc2nn(CC3CCN(C(=O)c4ccc(C(C)(C)C)cc4)CC3)cc2c1C. The molecule has 1 aliphatic rings. The molecule has 36 heavy (non-hydrogen) atoms. The van der Waals surface area contributed by atoms with Crippen LogP contribution in [0.5, 0.6) is 0 Å². The van der Waals surface area contributed by atoms with Gasteiger partial charge >= 0.3 is 0 Å². The molecule has 4 rings (SSSR count). The molecule has 2 heterocycles. The van der Waals surface area contributed by atoms with Crippen LogP contribution in [-0.2, 0) is 16.7 Å². The molecular formula is C29H38N4O3. The van der Waals surface area contributed by atoms with Crippen LogP contribution in [0.15, 0.2) is 42.6 Å². The van der Waals surface area contributed by atoms with E-state index in [1.807, 2.05) is 47.0 Å². The second-order valence-corrected chi connectivity index (χ2v) is 10.8. The van der Waals surface area contributed by atoms with Gasteiger partial charge in [-0.15, -0.1) is 0 Å². The average Bonchev–Trinajstić information content (AvgIpc) is 3.27. The second kappa shape index (κ2) is 10.8. The Balaban J connectivity index is 1.35. The highest BCUT2D eigenvalue weighted by atomic mass is 16.5. The summed E-state index contributed by atoms with van der Waals surface area (Å²) in [5.74, 6) is 0.485. The van der Waals surface area contributed by atoms with E-state index in [-0.39, 0.29) is 17.2 Å². The lowest BCUT2D eigenvalue weighted by atomic mass is 9.86. The van der Waals surface area contributed by atoms with Crippen LogP contribution in [-0.4, -0.2) is 59.8 Å². The van der Waals surface area contributed by atoms with Crippen LogP contribution >= 0.6 is 0 Å². The molecule has 0 aliphatic carbocycles. The van der Waals surface area contributed by atoms with Crippen molar-refractivity contribution in [1.82, 2.24) is 20.0 Å². The van der Waals surface area contributed by atoms with Gasteiger partial charge in [0, 0.05) is 56.0 Å². The topological polar surface area (TPSA) is 76.5 Å². The Labute approximate surface area is 213 Å². The van der Waals surface area contributed by atoms with Crippen LogP contribution in [0.2, 0.25) is 0 Å². The van der Waals surface area contributed by atoms with Crippen molar-refractivity contribution in [2.75, 3.05) is 33.4 Å². The van der Waals surface area contributed by atoms with E-state index < -0.39 is 0 Å². The second-order valence-electron chi connectivity index (χ2n) is 10.8. The third-order valence-corrected chi connectivity index (χ3v) is 7.19. The van der Waals surface area contributed by atoms with E-state index in [1.54, 1.807) is 7.11 Å². The zero-order valence-corrected chi connectivity index (χ0v) is 22.1. The molecule has 2 aromatic carbocycles. The number of carbonyl (C=O) groups is 2. The lowest BCUT2D eigenvalue weighted by molar-refractivity contribution is 0.0681. The molecule has 0 bridgehead atoms. The summed E-state index contributed by atoms with van der Waals surface area (Å²) in [7, 11) is 1.62. The van der Waals surface area contributed by atoms with Gasteiger partial charge in [0.1, 0.15) is 0 Å². The van der Waals surface area contributed by atoms with Crippen LogP contribution < -0.4 is 5.32 Å². The van der Waals surface area contributed by atoms with Crippen molar-refractivity contribution in [2.24, 2.45) is 5.92 Å². The molecule has 0 spiro atoms. The highest BCUT2D eigenvalue weighted by Gasteiger charge is 2.25. The summed E-state index contributed by atoms with van der Waals surface area (Å²) in [6, 6.07) is 11.8. The number of fused-ring (bicyclic) bond motifs is 1. The Morgan fingerprint density at radius 2 is 1.78 bits per heavy atom. The minimum atomic E-state index is -0.0933. The minimum Gasteiger partial charge on any atom is -0.383 e. The molecule has 1 saturated heterocycles. The lowest BCUT2D eigenvalue weighted by Gasteiger charge is -2.32. The fourth-order valence-electron chi connectivity index (χ4n) is 4.86. The van der Waals surface area contributed by atoms with Gasteiger partial charge in [0.15, 0.2) is 0 Å². The van der Waals surface area contributed by atoms with Crippen LogP contribution in [0, 0.1) is 12.8 Å². The molecule has 2 amide bonds. The molecule has 0 saturated carbocycles. The molecule has 7 nitrogen and oxygen atoms in total. The van der Waals surface area contributed by atoms with Gasteiger partial charge in [-0.3, -0.25) is 14.3 Å². The quantitative estimate of drug-likeness (QED) is 0.492. The summed E-state index contributed by atoms with van der Waals surface area (Å²) in [5, 5.41) is 8.65. The maximum atomic E-state index is 13.0. The van der Waals surface area contributed by atoms with Crippen molar-refractivity contribution in [2.45, 2.75) is 52.5 Å². The smallest absolute Gasteiger partial charge is 0.253 e. The van der Waals surface area contributed by atoms with Crippen molar-refractivity contribution >= 4 is 22.7 Å². The third-order valence-electron chi connectivity index (χ3n) is 7.19. The first-order valence-corrected chi connectivity index (χ1v) is 12.8. The molecule has 1 fully saturated rings. The molecule has 7 heteroatoms. The number of benzene rings is 2.